The second-order valence-electron chi connectivity index (χ2n) is 3.03. The third-order valence-corrected chi connectivity index (χ3v) is 3.74. The summed E-state index contributed by atoms with van der Waals surface area (Å²) in [5.41, 5.74) is 1.94. The monoisotopic (exact) mass is 221 g/mol. The van der Waals surface area contributed by atoms with Crippen molar-refractivity contribution in [1.29, 1.82) is 5.26 Å². The quantitative estimate of drug-likeness (QED) is 0.715. The highest BCUT2D eigenvalue weighted by molar-refractivity contribution is 7.18. The van der Waals surface area contributed by atoms with E-state index in [1.807, 2.05) is 0 Å². The number of halogens is 1. The lowest BCUT2D eigenvalue weighted by Crippen LogP contribution is -1.81. The highest BCUT2D eigenvalue weighted by Crippen LogP contribution is 2.34. The number of benzene rings is 1. The number of rotatable bonds is 1. The average Bonchev–Trinajstić information content (AvgIpc) is 2.63. The molecule has 0 radical (unpaired) electrons. The molecule has 0 fully saturated rings. The molecule has 0 unspecified atom stereocenters. The van der Waals surface area contributed by atoms with Gasteiger partial charge in [0.25, 0.3) is 0 Å². The van der Waals surface area contributed by atoms with Gasteiger partial charge in [-0.25, -0.2) is 0 Å². The van der Waals surface area contributed by atoms with Crippen molar-refractivity contribution in [1.82, 2.24) is 0 Å². The standard InChI is InChI=1S/C11H8ClNS/c1-2-7-6-14-11-9(12)4-3-8(5-13)10(7)11/h3-4,6H,2H2,1H3. The Bertz CT molecular complexity index is 522. The Morgan fingerprint density at radius 3 is 2.93 bits per heavy atom. The fraction of sp³-hybridized carbons (Fsp3) is 0.182. The lowest BCUT2D eigenvalue weighted by molar-refractivity contribution is 1.17. The Hall–Kier alpha value is -1.04. The van der Waals surface area contributed by atoms with Crippen LogP contribution in [0, 0.1) is 11.3 Å². The topological polar surface area (TPSA) is 23.8 Å². The molecule has 0 N–H and O–H groups in total. The highest BCUT2D eigenvalue weighted by Gasteiger charge is 2.10. The van der Waals surface area contributed by atoms with Gasteiger partial charge in [0, 0.05) is 5.39 Å². The normalized spacial score (nSPS) is 10.4. The first-order chi connectivity index (χ1) is 6.77. The molecule has 1 aromatic heterocycles. The number of nitrogens with zero attached hydrogens (tertiary/aromatic N) is 1. The maximum atomic E-state index is 8.98. The first kappa shape index (κ1) is 9.51. The van der Waals surface area contributed by atoms with E-state index in [0.29, 0.717) is 0 Å². The smallest absolute Gasteiger partial charge is 0.0998 e. The number of nitriles is 1. The van der Waals surface area contributed by atoms with Crippen LogP contribution in [0.3, 0.4) is 0 Å². The molecule has 3 heteroatoms. The molecule has 70 valence electrons. The van der Waals surface area contributed by atoms with E-state index in [9.17, 15) is 0 Å². The molecule has 2 rings (SSSR count). The van der Waals surface area contributed by atoms with Gasteiger partial charge in [0.15, 0.2) is 0 Å². The van der Waals surface area contributed by atoms with E-state index in [2.05, 4.69) is 18.4 Å². The average molecular weight is 222 g/mol. The second kappa shape index (κ2) is 3.61. The molecule has 0 amide bonds. The van der Waals surface area contributed by atoms with Gasteiger partial charge in [0.2, 0.25) is 0 Å². The Labute approximate surface area is 91.5 Å². The van der Waals surface area contributed by atoms with Gasteiger partial charge < -0.3 is 0 Å². The van der Waals surface area contributed by atoms with Crippen LogP contribution in [0.15, 0.2) is 17.5 Å². The molecular formula is C11H8ClNS. The summed E-state index contributed by atoms with van der Waals surface area (Å²) >= 11 is 7.67. The molecule has 1 heterocycles. The van der Waals surface area contributed by atoms with Crippen LogP contribution in [-0.4, -0.2) is 0 Å². The van der Waals surface area contributed by atoms with Crippen molar-refractivity contribution in [2.45, 2.75) is 13.3 Å². The zero-order valence-corrected chi connectivity index (χ0v) is 9.25. The molecule has 0 spiro atoms. The van der Waals surface area contributed by atoms with E-state index in [-0.39, 0.29) is 0 Å². The van der Waals surface area contributed by atoms with Crippen molar-refractivity contribution in [3.05, 3.63) is 33.7 Å². The second-order valence-corrected chi connectivity index (χ2v) is 4.31. The van der Waals surface area contributed by atoms with Crippen molar-refractivity contribution < 1.29 is 0 Å². The van der Waals surface area contributed by atoms with Gasteiger partial charge in [-0.2, -0.15) is 5.26 Å². The maximum absolute atomic E-state index is 8.98. The van der Waals surface area contributed by atoms with Gasteiger partial charge in [0.05, 0.1) is 21.4 Å². The van der Waals surface area contributed by atoms with Gasteiger partial charge in [-0.05, 0) is 29.5 Å². The van der Waals surface area contributed by atoms with Crippen molar-refractivity contribution in [3.63, 3.8) is 0 Å². The summed E-state index contributed by atoms with van der Waals surface area (Å²) in [6.07, 6.45) is 0.940. The van der Waals surface area contributed by atoms with Crippen LogP contribution in [0.5, 0.6) is 0 Å². The third kappa shape index (κ3) is 1.30. The molecule has 1 aromatic carbocycles. The molecule has 1 nitrogen and oxygen atoms in total. The van der Waals surface area contributed by atoms with Crippen LogP contribution in [0.4, 0.5) is 0 Å². The first-order valence-electron chi connectivity index (χ1n) is 4.36. The molecule has 0 saturated carbocycles. The fourth-order valence-corrected chi connectivity index (χ4v) is 2.91. The van der Waals surface area contributed by atoms with Gasteiger partial charge >= 0.3 is 0 Å². The minimum Gasteiger partial charge on any atom is -0.192 e. The molecule has 2 aromatic rings. The van der Waals surface area contributed by atoms with Gasteiger partial charge in [0.1, 0.15) is 0 Å². The minimum absolute atomic E-state index is 0.725. The largest absolute Gasteiger partial charge is 0.192 e. The SMILES string of the molecule is CCc1csc2c(Cl)ccc(C#N)c12. The summed E-state index contributed by atoms with van der Waals surface area (Å²) in [5.74, 6) is 0. The lowest BCUT2D eigenvalue weighted by atomic mass is 10.1. The summed E-state index contributed by atoms with van der Waals surface area (Å²) in [5, 5.41) is 12.8. The molecule has 14 heavy (non-hydrogen) atoms. The summed E-state index contributed by atoms with van der Waals surface area (Å²) < 4.78 is 1.03. The minimum atomic E-state index is 0.725. The first-order valence-corrected chi connectivity index (χ1v) is 5.62. The van der Waals surface area contributed by atoms with E-state index >= 15 is 0 Å². The molecule has 0 atom stereocenters. The molecule has 0 bridgehead atoms. The zero-order chi connectivity index (χ0) is 10.1. The van der Waals surface area contributed by atoms with Crippen LogP contribution in [0.25, 0.3) is 10.1 Å². The third-order valence-electron chi connectivity index (χ3n) is 2.25. The lowest BCUT2D eigenvalue weighted by Gasteiger charge is -1.98. The Balaban J connectivity index is 2.90. The predicted octanol–water partition coefficient (Wildman–Crippen LogP) is 3.99. The summed E-state index contributed by atoms with van der Waals surface area (Å²) in [7, 11) is 0. The van der Waals surface area contributed by atoms with Crippen molar-refractivity contribution >= 4 is 33.0 Å². The highest BCUT2D eigenvalue weighted by atomic mass is 35.5. The zero-order valence-electron chi connectivity index (χ0n) is 7.67. The molecular weight excluding hydrogens is 214 g/mol. The molecule has 0 aliphatic heterocycles. The summed E-state index contributed by atoms with van der Waals surface area (Å²) in [6, 6.07) is 5.78. The van der Waals surface area contributed by atoms with E-state index in [1.165, 1.54) is 5.56 Å². The van der Waals surface area contributed by atoms with Crippen LogP contribution in [0.1, 0.15) is 18.1 Å². The Kier molecular flexibility index (Phi) is 2.45. The molecule has 0 aliphatic rings. The number of hydrogen-bond donors (Lipinski definition) is 0. The van der Waals surface area contributed by atoms with Crippen LogP contribution in [0.2, 0.25) is 5.02 Å². The predicted molar refractivity (Wildman–Crippen MR) is 60.9 cm³/mol. The van der Waals surface area contributed by atoms with Crippen molar-refractivity contribution in [2.75, 3.05) is 0 Å². The summed E-state index contributed by atoms with van der Waals surface area (Å²) in [6.45, 7) is 2.09. The number of aryl methyl sites for hydroxylation is 1. The van der Waals surface area contributed by atoms with E-state index < -0.39 is 0 Å². The fourth-order valence-electron chi connectivity index (χ4n) is 1.53. The van der Waals surface area contributed by atoms with Crippen LogP contribution in [-0.2, 0) is 6.42 Å². The van der Waals surface area contributed by atoms with Crippen LogP contribution >= 0.6 is 22.9 Å². The Morgan fingerprint density at radius 1 is 1.50 bits per heavy atom. The number of hydrogen-bond acceptors (Lipinski definition) is 2. The van der Waals surface area contributed by atoms with E-state index in [1.54, 1.807) is 23.5 Å². The Morgan fingerprint density at radius 2 is 2.29 bits per heavy atom. The maximum Gasteiger partial charge on any atom is 0.0998 e. The molecule has 0 saturated heterocycles. The molecule has 0 aliphatic carbocycles. The van der Waals surface area contributed by atoms with Crippen LogP contribution < -0.4 is 0 Å². The van der Waals surface area contributed by atoms with Crippen molar-refractivity contribution in [3.8, 4) is 6.07 Å². The van der Waals surface area contributed by atoms with Gasteiger partial charge in [-0.1, -0.05) is 18.5 Å². The van der Waals surface area contributed by atoms with E-state index in [4.69, 9.17) is 16.9 Å². The van der Waals surface area contributed by atoms with Gasteiger partial charge in [-0.3, -0.25) is 0 Å². The summed E-state index contributed by atoms with van der Waals surface area (Å²) in [4.78, 5) is 0. The van der Waals surface area contributed by atoms with Crippen molar-refractivity contribution in [2.24, 2.45) is 0 Å². The van der Waals surface area contributed by atoms with E-state index in [0.717, 1.165) is 27.1 Å². The number of fused-ring (bicyclic) bond motifs is 1. The number of thiophene rings is 1. The van der Waals surface area contributed by atoms with Gasteiger partial charge in [-0.15, -0.1) is 11.3 Å².